The summed E-state index contributed by atoms with van der Waals surface area (Å²) in [6.07, 6.45) is 3.14. The highest BCUT2D eigenvalue weighted by molar-refractivity contribution is 7.93. The third-order valence-corrected chi connectivity index (χ3v) is 6.34. The molecule has 1 aromatic carbocycles. The molecule has 2 aromatic heterocycles. The molecule has 0 spiro atoms. The predicted molar refractivity (Wildman–Crippen MR) is 97.4 cm³/mol. The molecule has 0 radical (unpaired) electrons. The number of sulfonamides is 1. The van der Waals surface area contributed by atoms with Gasteiger partial charge in [0.05, 0.1) is 5.56 Å². The molecular weight excluding hydrogens is 371 g/mol. The van der Waals surface area contributed by atoms with Crippen molar-refractivity contribution in [3.05, 3.63) is 47.4 Å². The number of aromatic nitrogens is 3. The van der Waals surface area contributed by atoms with Crippen LogP contribution < -0.4 is 4.72 Å². The van der Waals surface area contributed by atoms with Crippen molar-refractivity contribution in [1.29, 1.82) is 0 Å². The zero-order valence-corrected chi connectivity index (χ0v) is 15.7. The summed E-state index contributed by atoms with van der Waals surface area (Å²) in [5.74, 6) is 0.535. The Kier molecular flexibility index (Phi) is 4.26. The lowest BCUT2D eigenvalue weighted by molar-refractivity contribution is 0.338. The maximum absolute atomic E-state index is 13.1. The summed E-state index contributed by atoms with van der Waals surface area (Å²) in [7, 11) is -3.95. The van der Waals surface area contributed by atoms with Crippen LogP contribution in [0.25, 0.3) is 11.5 Å². The van der Waals surface area contributed by atoms with Crippen molar-refractivity contribution in [2.45, 2.75) is 43.9 Å². The van der Waals surface area contributed by atoms with Gasteiger partial charge < -0.3 is 9.40 Å². The normalized spacial score (nSPS) is 14.9. The maximum atomic E-state index is 13.1. The number of halogens is 1. The Bertz CT molecular complexity index is 1080. The van der Waals surface area contributed by atoms with Crippen LogP contribution in [0.2, 0.25) is 0 Å². The third kappa shape index (κ3) is 3.23. The van der Waals surface area contributed by atoms with Crippen molar-refractivity contribution in [2.24, 2.45) is 0 Å². The second kappa shape index (κ2) is 6.49. The summed E-state index contributed by atoms with van der Waals surface area (Å²) in [4.78, 5) is 3.08. The van der Waals surface area contributed by atoms with Crippen molar-refractivity contribution in [3.8, 4) is 11.5 Å². The van der Waals surface area contributed by atoms with Gasteiger partial charge in [-0.05, 0) is 51.0 Å². The van der Waals surface area contributed by atoms with E-state index in [-0.39, 0.29) is 22.4 Å². The summed E-state index contributed by atoms with van der Waals surface area (Å²) in [5, 5.41) is 8.17. The molecule has 7 nitrogen and oxygen atoms in total. The summed E-state index contributed by atoms with van der Waals surface area (Å²) in [6, 6.07) is 5.11. The predicted octanol–water partition coefficient (Wildman–Crippen LogP) is 3.89. The minimum absolute atomic E-state index is 0.0492. The molecule has 0 bridgehead atoms. The second-order valence-electron chi connectivity index (χ2n) is 6.76. The van der Waals surface area contributed by atoms with Gasteiger partial charge in [-0.15, -0.1) is 10.2 Å². The van der Waals surface area contributed by atoms with E-state index in [0.717, 1.165) is 19.3 Å². The van der Waals surface area contributed by atoms with E-state index >= 15 is 0 Å². The lowest BCUT2D eigenvalue weighted by Gasteiger charge is -2.20. The van der Waals surface area contributed by atoms with Gasteiger partial charge in [-0.3, -0.25) is 4.72 Å². The minimum Gasteiger partial charge on any atom is -0.420 e. The van der Waals surface area contributed by atoms with Crippen LogP contribution in [0.1, 0.15) is 42.5 Å². The number of H-pyrrole nitrogens is 1. The average Bonchev–Trinajstić information content (AvgIpc) is 3.12. The van der Waals surface area contributed by atoms with Crippen LogP contribution in [-0.2, 0) is 10.0 Å². The van der Waals surface area contributed by atoms with Crippen molar-refractivity contribution < 1.29 is 17.2 Å². The number of aromatic amines is 1. The van der Waals surface area contributed by atoms with Crippen LogP contribution >= 0.6 is 0 Å². The van der Waals surface area contributed by atoms with Crippen molar-refractivity contribution in [2.75, 3.05) is 4.72 Å². The lowest BCUT2D eigenvalue weighted by Crippen LogP contribution is -2.14. The van der Waals surface area contributed by atoms with Crippen molar-refractivity contribution >= 4 is 15.7 Å². The molecule has 1 aliphatic carbocycles. The van der Waals surface area contributed by atoms with Gasteiger partial charge in [0.15, 0.2) is 0 Å². The molecule has 2 heterocycles. The molecule has 1 aliphatic rings. The smallest absolute Gasteiger partial charge is 0.264 e. The van der Waals surface area contributed by atoms with Gasteiger partial charge >= 0.3 is 0 Å². The first kappa shape index (κ1) is 17.7. The Balaban J connectivity index is 1.74. The Labute approximate surface area is 156 Å². The first-order valence-corrected chi connectivity index (χ1v) is 10.1. The number of anilines is 1. The SMILES string of the molecule is Cc1[nH]c(C)c(S(=O)(=O)Nc2ccc(F)cc2)c1-c1nnc(C2CCC2)o1. The molecule has 0 saturated heterocycles. The summed E-state index contributed by atoms with van der Waals surface area (Å²) in [5.41, 5.74) is 1.71. The van der Waals surface area contributed by atoms with Crippen molar-refractivity contribution in [3.63, 3.8) is 0 Å². The van der Waals surface area contributed by atoms with E-state index in [2.05, 4.69) is 19.9 Å². The molecule has 142 valence electrons. The molecule has 0 atom stereocenters. The first-order valence-electron chi connectivity index (χ1n) is 8.66. The highest BCUT2D eigenvalue weighted by Crippen LogP contribution is 2.39. The van der Waals surface area contributed by atoms with Crippen LogP contribution in [0.15, 0.2) is 33.6 Å². The van der Waals surface area contributed by atoms with E-state index in [1.807, 2.05) is 0 Å². The Morgan fingerprint density at radius 2 is 1.85 bits per heavy atom. The summed E-state index contributed by atoms with van der Waals surface area (Å²) < 4.78 is 47.4. The molecule has 0 amide bonds. The van der Waals surface area contributed by atoms with Crippen LogP contribution in [0.3, 0.4) is 0 Å². The van der Waals surface area contributed by atoms with Crippen LogP contribution in [0.5, 0.6) is 0 Å². The van der Waals surface area contributed by atoms with E-state index in [1.165, 1.54) is 24.3 Å². The van der Waals surface area contributed by atoms with Gasteiger partial charge in [0.2, 0.25) is 5.89 Å². The van der Waals surface area contributed by atoms with Crippen LogP contribution in [0.4, 0.5) is 10.1 Å². The largest absolute Gasteiger partial charge is 0.420 e. The molecular formula is C18H19FN4O3S. The fourth-order valence-electron chi connectivity index (χ4n) is 3.23. The minimum atomic E-state index is -3.95. The quantitative estimate of drug-likeness (QED) is 0.688. The van der Waals surface area contributed by atoms with E-state index in [9.17, 15) is 12.8 Å². The fourth-order valence-corrected chi connectivity index (χ4v) is 4.74. The molecule has 1 saturated carbocycles. The molecule has 4 rings (SSSR count). The number of nitrogens with one attached hydrogen (secondary N) is 2. The van der Waals surface area contributed by atoms with Gasteiger partial charge in [0, 0.05) is 23.0 Å². The van der Waals surface area contributed by atoms with Gasteiger partial charge in [0.25, 0.3) is 15.9 Å². The zero-order valence-electron chi connectivity index (χ0n) is 14.9. The topological polar surface area (TPSA) is 101 Å². The molecule has 0 aliphatic heterocycles. The van der Waals surface area contributed by atoms with E-state index in [4.69, 9.17) is 4.42 Å². The van der Waals surface area contributed by atoms with Gasteiger partial charge in [0.1, 0.15) is 10.7 Å². The highest BCUT2D eigenvalue weighted by Gasteiger charge is 2.31. The highest BCUT2D eigenvalue weighted by atomic mass is 32.2. The zero-order chi connectivity index (χ0) is 19.2. The summed E-state index contributed by atoms with van der Waals surface area (Å²) in [6.45, 7) is 3.42. The number of hydrogen-bond acceptors (Lipinski definition) is 5. The maximum Gasteiger partial charge on any atom is 0.264 e. The molecule has 0 unspecified atom stereocenters. The van der Waals surface area contributed by atoms with Crippen LogP contribution in [0, 0.1) is 19.7 Å². The molecule has 3 aromatic rings. The number of hydrogen-bond donors (Lipinski definition) is 2. The van der Waals surface area contributed by atoms with Crippen LogP contribution in [-0.4, -0.2) is 23.6 Å². The van der Waals surface area contributed by atoms with Gasteiger partial charge in [-0.1, -0.05) is 6.42 Å². The third-order valence-electron chi connectivity index (χ3n) is 4.79. The number of rotatable bonds is 5. The summed E-state index contributed by atoms with van der Waals surface area (Å²) >= 11 is 0. The molecule has 27 heavy (non-hydrogen) atoms. The number of nitrogens with zero attached hydrogens (tertiary/aromatic N) is 2. The Hall–Kier alpha value is -2.68. The van der Waals surface area contributed by atoms with Crippen molar-refractivity contribution in [1.82, 2.24) is 15.2 Å². The molecule has 1 fully saturated rings. The number of aryl methyl sites for hydroxylation is 2. The Morgan fingerprint density at radius 1 is 1.15 bits per heavy atom. The molecule has 9 heteroatoms. The van der Waals surface area contributed by atoms with E-state index in [1.54, 1.807) is 13.8 Å². The van der Waals surface area contributed by atoms with Gasteiger partial charge in [-0.2, -0.15) is 0 Å². The first-order chi connectivity index (χ1) is 12.8. The van der Waals surface area contributed by atoms with E-state index < -0.39 is 15.8 Å². The fraction of sp³-hybridized carbons (Fsp3) is 0.333. The van der Waals surface area contributed by atoms with Gasteiger partial charge in [-0.25, -0.2) is 12.8 Å². The van der Waals surface area contributed by atoms with E-state index in [0.29, 0.717) is 22.8 Å². The Morgan fingerprint density at radius 3 is 2.48 bits per heavy atom. The second-order valence-corrected chi connectivity index (χ2v) is 8.38. The standard InChI is InChI=1S/C18H19FN4O3S/c1-10-15(18-22-21-17(26-18)12-4-3-5-12)16(11(2)20-10)27(24,25)23-14-8-6-13(19)7-9-14/h6-9,12,20,23H,3-5H2,1-2H3. The molecule has 2 N–H and O–H groups in total. The lowest BCUT2D eigenvalue weighted by atomic mass is 9.85. The number of benzene rings is 1. The monoisotopic (exact) mass is 390 g/mol. The average molecular weight is 390 g/mol.